The molecule has 0 bridgehead atoms. The second kappa shape index (κ2) is 17.5. The zero-order valence-corrected chi connectivity index (χ0v) is 37.3. The average molecular weight is 868 g/mol. The molecule has 0 saturated heterocycles. The number of fused-ring (bicyclic) bond motifs is 3. The Kier molecular flexibility index (Phi) is 10.4. The summed E-state index contributed by atoms with van der Waals surface area (Å²) in [6.45, 7) is 0. The molecular formula is C65H45N3. The maximum Gasteiger partial charge on any atom is 0.160 e. The van der Waals surface area contributed by atoms with Gasteiger partial charge in [0.05, 0.1) is 16.8 Å². The summed E-state index contributed by atoms with van der Waals surface area (Å²) in [7, 11) is 0. The fraction of sp³-hybridized carbons (Fsp3) is 0.0154. The lowest BCUT2D eigenvalue weighted by Gasteiger charge is -2.35. The molecule has 0 radical (unpaired) electrons. The van der Waals surface area contributed by atoms with Crippen LogP contribution in [0.5, 0.6) is 0 Å². The summed E-state index contributed by atoms with van der Waals surface area (Å²) in [5.41, 5.74) is 19.5. The number of anilines is 3. The van der Waals surface area contributed by atoms with Crippen LogP contribution in [0, 0.1) is 0 Å². The van der Waals surface area contributed by atoms with Gasteiger partial charge in [0, 0.05) is 33.8 Å². The Balaban J connectivity index is 1.01. The third-order valence-electron chi connectivity index (χ3n) is 13.4. The quantitative estimate of drug-likeness (QED) is 0.137. The standard InChI is InChI=1S/C65H45N3/c1-5-18-46(19-6-1)48-32-38-55(39-33-48)68(56-40-34-49(35-41-56)47-20-7-2-8-21-47)57-42-36-53(37-43-57)65(60-30-15-13-28-58(60)59-29-14-16-31-61(59)65)54-27-17-26-52(44-54)64-66-62(50-22-9-3-10-23-50)45-63(67-64)51-24-11-4-12-25-51/h1-45H. The van der Waals surface area contributed by atoms with E-state index in [0.29, 0.717) is 5.82 Å². The summed E-state index contributed by atoms with van der Waals surface area (Å²) >= 11 is 0. The van der Waals surface area contributed by atoms with Crippen molar-refractivity contribution in [1.82, 2.24) is 9.97 Å². The van der Waals surface area contributed by atoms with Crippen molar-refractivity contribution in [3.8, 4) is 67.3 Å². The zero-order chi connectivity index (χ0) is 45.3. The Morgan fingerprint density at radius 1 is 0.265 bits per heavy atom. The van der Waals surface area contributed by atoms with E-state index in [0.717, 1.165) is 50.7 Å². The van der Waals surface area contributed by atoms with Crippen molar-refractivity contribution >= 4 is 17.1 Å². The fourth-order valence-corrected chi connectivity index (χ4v) is 10.2. The molecule has 0 aliphatic heterocycles. The van der Waals surface area contributed by atoms with Crippen LogP contribution in [-0.4, -0.2) is 9.97 Å². The summed E-state index contributed by atoms with van der Waals surface area (Å²) in [4.78, 5) is 12.9. The lowest BCUT2D eigenvalue weighted by atomic mass is 9.67. The Bertz CT molecular complexity index is 3330. The smallest absolute Gasteiger partial charge is 0.160 e. The van der Waals surface area contributed by atoms with Gasteiger partial charge in [0.15, 0.2) is 5.82 Å². The third kappa shape index (κ3) is 7.28. The maximum absolute atomic E-state index is 5.27. The van der Waals surface area contributed by atoms with Crippen molar-refractivity contribution in [2.75, 3.05) is 4.90 Å². The molecule has 3 nitrogen and oxygen atoms in total. The normalized spacial score (nSPS) is 12.2. The molecule has 0 amide bonds. The Morgan fingerprint density at radius 3 is 1.09 bits per heavy atom. The number of aromatic nitrogens is 2. The van der Waals surface area contributed by atoms with E-state index in [4.69, 9.17) is 9.97 Å². The molecule has 11 aromatic rings. The summed E-state index contributed by atoms with van der Waals surface area (Å²) in [6, 6.07) is 97.9. The van der Waals surface area contributed by atoms with E-state index in [2.05, 4.69) is 266 Å². The first-order valence-electron chi connectivity index (χ1n) is 23.2. The van der Waals surface area contributed by atoms with Crippen LogP contribution in [-0.2, 0) is 5.41 Å². The Hall–Kier alpha value is -8.92. The van der Waals surface area contributed by atoms with E-state index in [-0.39, 0.29) is 0 Å². The summed E-state index contributed by atoms with van der Waals surface area (Å²) in [6.07, 6.45) is 0. The van der Waals surface area contributed by atoms with Crippen LogP contribution in [0.1, 0.15) is 22.3 Å². The molecule has 0 fully saturated rings. The monoisotopic (exact) mass is 867 g/mol. The molecule has 1 aliphatic rings. The van der Waals surface area contributed by atoms with E-state index in [1.165, 1.54) is 50.1 Å². The van der Waals surface area contributed by atoms with E-state index >= 15 is 0 Å². The molecule has 1 aliphatic carbocycles. The number of hydrogen-bond acceptors (Lipinski definition) is 3. The van der Waals surface area contributed by atoms with Gasteiger partial charge in [-0.2, -0.15) is 0 Å². The molecular weight excluding hydrogens is 823 g/mol. The number of hydrogen-bond donors (Lipinski definition) is 0. The second-order valence-corrected chi connectivity index (χ2v) is 17.3. The van der Waals surface area contributed by atoms with E-state index in [1.807, 2.05) is 12.1 Å². The van der Waals surface area contributed by atoms with Gasteiger partial charge in [-0.15, -0.1) is 0 Å². The van der Waals surface area contributed by atoms with Gasteiger partial charge in [0.2, 0.25) is 0 Å². The van der Waals surface area contributed by atoms with Crippen molar-refractivity contribution in [1.29, 1.82) is 0 Å². The molecule has 0 unspecified atom stereocenters. The van der Waals surface area contributed by atoms with Crippen molar-refractivity contribution in [3.05, 3.63) is 295 Å². The topological polar surface area (TPSA) is 29.0 Å². The molecule has 3 heteroatoms. The molecule has 68 heavy (non-hydrogen) atoms. The van der Waals surface area contributed by atoms with Gasteiger partial charge in [-0.1, -0.05) is 224 Å². The van der Waals surface area contributed by atoms with Gasteiger partial charge < -0.3 is 4.90 Å². The van der Waals surface area contributed by atoms with Gasteiger partial charge in [0.25, 0.3) is 0 Å². The molecule has 1 aromatic heterocycles. The van der Waals surface area contributed by atoms with Crippen molar-refractivity contribution in [3.63, 3.8) is 0 Å². The van der Waals surface area contributed by atoms with Crippen molar-refractivity contribution in [2.24, 2.45) is 0 Å². The highest BCUT2D eigenvalue weighted by Crippen LogP contribution is 2.56. The van der Waals surface area contributed by atoms with Crippen LogP contribution in [0.15, 0.2) is 273 Å². The SMILES string of the molecule is c1ccc(-c2ccc(N(c3ccc(-c4ccccc4)cc3)c3ccc(C4(c5cccc(-c6nc(-c7ccccc7)cc(-c7ccccc7)n6)c5)c5ccccc5-c5ccccc54)cc3)cc2)cc1. The minimum atomic E-state index is -0.638. The first kappa shape index (κ1) is 40.6. The average Bonchev–Trinajstić information content (AvgIpc) is 3.73. The minimum Gasteiger partial charge on any atom is -0.311 e. The molecule has 0 saturated carbocycles. The fourth-order valence-electron chi connectivity index (χ4n) is 10.2. The molecule has 12 rings (SSSR count). The summed E-state index contributed by atoms with van der Waals surface area (Å²) < 4.78 is 0. The lowest BCUT2D eigenvalue weighted by Crippen LogP contribution is -2.28. The van der Waals surface area contributed by atoms with E-state index < -0.39 is 5.41 Å². The molecule has 0 spiro atoms. The summed E-state index contributed by atoms with van der Waals surface area (Å²) in [5.74, 6) is 0.685. The number of nitrogens with zero attached hydrogens (tertiary/aromatic N) is 3. The van der Waals surface area contributed by atoms with Gasteiger partial charge in [-0.25, -0.2) is 9.97 Å². The van der Waals surface area contributed by atoms with Gasteiger partial charge in [-0.05, 0) is 104 Å². The van der Waals surface area contributed by atoms with Gasteiger partial charge in [0.1, 0.15) is 0 Å². The first-order valence-corrected chi connectivity index (χ1v) is 23.2. The van der Waals surface area contributed by atoms with Gasteiger partial charge in [-0.3, -0.25) is 0 Å². The van der Waals surface area contributed by atoms with Crippen molar-refractivity contribution in [2.45, 2.75) is 5.41 Å². The van der Waals surface area contributed by atoms with Crippen LogP contribution in [0.25, 0.3) is 67.3 Å². The Morgan fingerprint density at radius 2 is 0.632 bits per heavy atom. The highest BCUT2D eigenvalue weighted by molar-refractivity contribution is 5.88. The minimum absolute atomic E-state index is 0.638. The van der Waals surface area contributed by atoms with Crippen LogP contribution >= 0.6 is 0 Å². The highest BCUT2D eigenvalue weighted by Gasteiger charge is 2.46. The predicted molar refractivity (Wildman–Crippen MR) is 281 cm³/mol. The third-order valence-corrected chi connectivity index (χ3v) is 13.4. The highest BCUT2D eigenvalue weighted by atomic mass is 15.1. The van der Waals surface area contributed by atoms with E-state index in [1.54, 1.807) is 0 Å². The largest absolute Gasteiger partial charge is 0.311 e. The molecule has 10 aromatic carbocycles. The maximum atomic E-state index is 5.27. The summed E-state index contributed by atoms with van der Waals surface area (Å²) in [5, 5.41) is 0. The van der Waals surface area contributed by atoms with Crippen LogP contribution in [0.2, 0.25) is 0 Å². The molecule has 320 valence electrons. The zero-order valence-electron chi connectivity index (χ0n) is 37.3. The molecule has 0 atom stereocenters. The van der Waals surface area contributed by atoms with Crippen molar-refractivity contribution < 1.29 is 0 Å². The van der Waals surface area contributed by atoms with Crippen LogP contribution < -0.4 is 4.90 Å². The van der Waals surface area contributed by atoms with Crippen LogP contribution in [0.3, 0.4) is 0 Å². The van der Waals surface area contributed by atoms with Gasteiger partial charge >= 0.3 is 0 Å². The van der Waals surface area contributed by atoms with E-state index in [9.17, 15) is 0 Å². The Labute approximate surface area is 398 Å². The lowest BCUT2D eigenvalue weighted by molar-refractivity contribution is 0.768. The second-order valence-electron chi connectivity index (χ2n) is 17.3. The van der Waals surface area contributed by atoms with Crippen LogP contribution in [0.4, 0.5) is 17.1 Å². The number of benzene rings is 10. The number of rotatable bonds is 10. The first-order chi connectivity index (χ1) is 33.7. The predicted octanol–water partition coefficient (Wildman–Crippen LogP) is 16.6. The molecule has 0 N–H and O–H groups in total. The molecule has 1 heterocycles.